The fourth-order valence-corrected chi connectivity index (χ4v) is 9.14. The van der Waals surface area contributed by atoms with Gasteiger partial charge in [-0.1, -0.05) is 75.6 Å². The van der Waals surface area contributed by atoms with E-state index in [-0.39, 0.29) is 48.2 Å². The molecule has 2 aromatic heterocycles. The Morgan fingerprint density at radius 3 is 2.42 bits per heavy atom. The molecule has 1 aliphatic heterocycles. The van der Waals surface area contributed by atoms with Crippen LogP contribution < -0.4 is 16.4 Å². The molecule has 16 nitrogen and oxygen atoms in total. The van der Waals surface area contributed by atoms with Crippen LogP contribution in [-0.4, -0.2) is 115 Å². The molecule has 0 spiro atoms. The fourth-order valence-electron chi connectivity index (χ4n) is 8.30. The zero-order valence-electron chi connectivity index (χ0n) is 39.5. The van der Waals surface area contributed by atoms with E-state index in [9.17, 15) is 24.3 Å². The number of amides is 3. The smallest absolute Gasteiger partial charge is 0.309 e. The number of likely N-dealkylation sites (tertiary alicyclic amines) is 1. The summed E-state index contributed by atoms with van der Waals surface area (Å²) in [6, 6.07) is 5.82. The first-order chi connectivity index (χ1) is 30.3. The topological polar surface area (TPSA) is 215 Å². The molecule has 17 heteroatoms. The maximum atomic E-state index is 15.1. The van der Waals surface area contributed by atoms with Crippen molar-refractivity contribution in [3.8, 4) is 0 Å². The molecule has 1 aromatic carbocycles. The molecule has 0 bridgehead atoms. The number of rotatable bonds is 25. The Bertz CT molecular complexity index is 1980. The van der Waals surface area contributed by atoms with E-state index in [4.69, 9.17) is 15.5 Å². The van der Waals surface area contributed by atoms with Crippen molar-refractivity contribution < 1.29 is 33.8 Å². The summed E-state index contributed by atoms with van der Waals surface area (Å²) in [7, 11) is 1.95. The molecular formula is C47H73N9O7S. The molecule has 1 saturated heterocycles. The second-order valence-corrected chi connectivity index (χ2v) is 19.5. The second-order valence-electron chi connectivity index (χ2n) is 18.6. The molecule has 4 rings (SSSR count). The van der Waals surface area contributed by atoms with Gasteiger partial charge in [-0.25, -0.2) is 4.98 Å². The van der Waals surface area contributed by atoms with E-state index in [0.29, 0.717) is 50.3 Å². The monoisotopic (exact) mass is 908 g/mol. The lowest BCUT2D eigenvalue weighted by Crippen LogP contribution is -2.59. The number of benzene rings is 1. The molecule has 3 heterocycles. The Kier molecular flexibility index (Phi) is 19.9. The zero-order chi connectivity index (χ0) is 47.1. The summed E-state index contributed by atoms with van der Waals surface area (Å²) in [5, 5.41) is 26.6. The summed E-state index contributed by atoms with van der Waals surface area (Å²) in [6.45, 7) is 16.8. The number of carbonyl (C=O) groups excluding carboxylic acids is 4. The summed E-state index contributed by atoms with van der Waals surface area (Å²) in [5.41, 5.74) is 7.58. The number of aliphatic carboxylic acids is 1. The van der Waals surface area contributed by atoms with Crippen molar-refractivity contribution in [1.29, 1.82) is 0 Å². The molecule has 0 unspecified atom stereocenters. The lowest BCUT2D eigenvalue weighted by atomic mass is 9.84. The van der Waals surface area contributed by atoms with Crippen LogP contribution >= 0.6 is 11.3 Å². The van der Waals surface area contributed by atoms with Crippen LogP contribution in [0.5, 0.6) is 0 Å². The largest absolute Gasteiger partial charge is 0.481 e. The van der Waals surface area contributed by atoms with Crippen LogP contribution in [0.2, 0.25) is 0 Å². The SMILES string of the molecule is CC[C@H](C)[C@H](NC(=O)[C@H]1CCCCN1C)C(=O)N(CCCCc1cn(CCN)nn1)[C@H](C[C@@H](OC(C)=O)c1nc(C(=O)N[C@@H](Cc2ccc(C)cc2)CC(C)(C)C(=O)O)cs1)C(C)C. The number of aromatic nitrogens is 4. The van der Waals surface area contributed by atoms with Gasteiger partial charge in [-0.05, 0) is 96.7 Å². The van der Waals surface area contributed by atoms with Gasteiger partial charge in [0.05, 0.1) is 23.7 Å². The first-order valence-corrected chi connectivity index (χ1v) is 23.8. The number of unbranched alkanes of at least 4 members (excludes halogenated alkanes) is 1. The van der Waals surface area contributed by atoms with Crippen molar-refractivity contribution >= 4 is 41.0 Å². The molecule has 0 saturated carbocycles. The van der Waals surface area contributed by atoms with Gasteiger partial charge in [-0.2, -0.15) is 0 Å². The quantitative estimate of drug-likeness (QED) is 0.0593. The summed E-state index contributed by atoms with van der Waals surface area (Å²) < 4.78 is 7.68. The van der Waals surface area contributed by atoms with Crippen LogP contribution in [0.25, 0.3) is 0 Å². The Labute approximate surface area is 383 Å². The molecular weight excluding hydrogens is 835 g/mol. The minimum Gasteiger partial charge on any atom is -0.481 e. The number of carbonyl (C=O) groups is 5. The first-order valence-electron chi connectivity index (χ1n) is 23.0. The highest BCUT2D eigenvalue weighted by Gasteiger charge is 2.39. The predicted octanol–water partition coefficient (Wildman–Crippen LogP) is 5.73. The number of nitrogens with zero attached hydrogens (tertiary/aromatic N) is 6. The van der Waals surface area contributed by atoms with E-state index in [0.717, 1.165) is 49.0 Å². The van der Waals surface area contributed by atoms with Crippen LogP contribution in [0.3, 0.4) is 0 Å². The van der Waals surface area contributed by atoms with Gasteiger partial charge in [0.15, 0.2) is 6.10 Å². The molecule has 3 aromatic rings. The molecule has 1 aliphatic rings. The molecule has 1 fully saturated rings. The van der Waals surface area contributed by atoms with Gasteiger partial charge in [0, 0.05) is 50.1 Å². The number of ether oxygens (including phenoxy) is 1. The first kappa shape index (κ1) is 51.9. The number of hydrogen-bond acceptors (Lipinski definition) is 12. The molecule has 3 amide bonds. The van der Waals surface area contributed by atoms with Crippen molar-refractivity contribution in [2.45, 2.75) is 156 Å². The maximum Gasteiger partial charge on any atom is 0.309 e. The number of carboxylic acid groups (broad SMARTS) is 1. The number of thiazole rings is 1. The molecule has 6 atom stereocenters. The Balaban J connectivity index is 1.63. The number of piperidine rings is 1. The molecule has 0 radical (unpaired) electrons. The van der Waals surface area contributed by atoms with Crippen LogP contribution in [0.4, 0.5) is 0 Å². The van der Waals surface area contributed by atoms with Crippen molar-refractivity contribution in [2.24, 2.45) is 23.0 Å². The second kappa shape index (κ2) is 24.5. The zero-order valence-corrected chi connectivity index (χ0v) is 40.3. The van der Waals surface area contributed by atoms with E-state index in [2.05, 4.69) is 25.8 Å². The molecule has 354 valence electrons. The Morgan fingerprint density at radius 2 is 1.80 bits per heavy atom. The molecule has 64 heavy (non-hydrogen) atoms. The number of hydrogen-bond donors (Lipinski definition) is 4. The third-order valence-electron chi connectivity index (χ3n) is 12.4. The van der Waals surface area contributed by atoms with Crippen LogP contribution in [-0.2, 0) is 43.3 Å². The number of likely N-dealkylation sites (N-methyl/N-ethyl adjacent to an activating group) is 1. The normalized spacial score (nSPS) is 17.0. The molecule has 0 aliphatic carbocycles. The van der Waals surface area contributed by atoms with Gasteiger partial charge in [-0.15, -0.1) is 16.4 Å². The third kappa shape index (κ3) is 15.2. The minimum atomic E-state index is -1.11. The predicted molar refractivity (Wildman–Crippen MR) is 247 cm³/mol. The van der Waals surface area contributed by atoms with E-state index in [1.165, 1.54) is 18.3 Å². The lowest BCUT2D eigenvalue weighted by molar-refractivity contribution is -0.150. The highest BCUT2D eigenvalue weighted by atomic mass is 32.1. The highest BCUT2D eigenvalue weighted by Crippen LogP contribution is 2.32. The maximum absolute atomic E-state index is 15.1. The van der Waals surface area contributed by atoms with Gasteiger partial charge >= 0.3 is 11.9 Å². The van der Waals surface area contributed by atoms with Crippen molar-refractivity contribution in [3.05, 3.63) is 63.4 Å². The number of esters is 1. The number of nitrogens with one attached hydrogen (secondary N) is 2. The van der Waals surface area contributed by atoms with Crippen LogP contribution in [0, 0.1) is 24.2 Å². The van der Waals surface area contributed by atoms with E-state index in [1.807, 2.05) is 77.0 Å². The number of nitrogens with two attached hydrogens (primary N) is 1. The van der Waals surface area contributed by atoms with Gasteiger partial charge in [0.25, 0.3) is 5.91 Å². The van der Waals surface area contributed by atoms with Gasteiger partial charge in [-0.3, -0.25) is 33.6 Å². The average Bonchev–Trinajstić information content (AvgIpc) is 3.92. The average molecular weight is 908 g/mol. The lowest BCUT2D eigenvalue weighted by Gasteiger charge is -2.40. The van der Waals surface area contributed by atoms with Gasteiger partial charge < -0.3 is 31.1 Å². The summed E-state index contributed by atoms with van der Waals surface area (Å²) in [5.74, 6) is -2.61. The summed E-state index contributed by atoms with van der Waals surface area (Å²) in [4.78, 5) is 76.4. The Hall–Kier alpha value is -4.74. The third-order valence-corrected chi connectivity index (χ3v) is 13.3. The van der Waals surface area contributed by atoms with Crippen molar-refractivity contribution in [2.75, 3.05) is 26.7 Å². The highest BCUT2D eigenvalue weighted by molar-refractivity contribution is 7.09. The molecule has 5 N–H and O–H groups in total. The van der Waals surface area contributed by atoms with Gasteiger partial charge in [0.2, 0.25) is 11.8 Å². The summed E-state index contributed by atoms with van der Waals surface area (Å²) >= 11 is 1.19. The van der Waals surface area contributed by atoms with Crippen LogP contribution in [0.1, 0.15) is 138 Å². The minimum absolute atomic E-state index is 0.112. The standard InChI is InChI=1S/C47H73N9O7S/c1-10-32(5)41(51-43(59)38-16-12-13-22-54(38)9)45(60)56(23-14-11-15-35-28-55(24-21-48)53-52-35)39(30(2)3)26-40(63-33(6)57)44-50-37(29-64-44)42(58)49-36(27-47(7,8)46(61)62)25-34-19-17-31(4)18-20-34/h17-20,28-30,32,36,38-41H,10-16,21-27,48H2,1-9H3,(H,49,58)(H,51,59)(H,61,62)/t32-,36-,38+,39+,40+,41-/m0/s1. The number of aryl methyl sites for hydroxylation is 2. The van der Waals surface area contributed by atoms with Crippen LogP contribution in [0.15, 0.2) is 35.8 Å². The van der Waals surface area contributed by atoms with Crippen molar-refractivity contribution in [1.82, 2.24) is 40.4 Å². The van der Waals surface area contributed by atoms with Gasteiger partial charge in [0.1, 0.15) is 16.7 Å². The Morgan fingerprint density at radius 1 is 1.08 bits per heavy atom. The summed E-state index contributed by atoms with van der Waals surface area (Å²) in [6.07, 6.45) is 7.14. The fraction of sp³-hybridized carbons (Fsp3) is 0.660. The number of carboxylic acids is 1. The van der Waals surface area contributed by atoms with E-state index < -0.39 is 47.5 Å². The van der Waals surface area contributed by atoms with Crippen molar-refractivity contribution in [3.63, 3.8) is 0 Å². The van der Waals surface area contributed by atoms with E-state index >= 15 is 4.79 Å². The van der Waals surface area contributed by atoms with E-state index in [1.54, 1.807) is 23.9 Å².